The van der Waals surface area contributed by atoms with E-state index < -0.39 is 23.5 Å². The van der Waals surface area contributed by atoms with Crippen molar-refractivity contribution < 1.29 is 18.3 Å². The van der Waals surface area contributed by atoms with Gasteiger partial charge in [-0.15, -0.1) is 0 Å². The number of benzene rings is 2. The van der Waals surface area contributed by atoms with Crippen molar-refractivity contribution in [2.75, 3.05) is 5.32 Å². The Hall–Kier alpha value is -3.46. The van der Waals surface area contributed by atoms with Gasteiger partial charge in [-0.2, -0.15) is 0 Å². The number of rotatable bonds is 4. The molecule has 9 heteroatoms. The molecule has 0 aliphatic carbocycles. The number of hydrogen-bond acceptors (Lipinski definition) is 5. The number of para-hydroxylation sites is 1. The largest absolute Gasteiger partial charge is 0.481 e. The predicted octanol–water partition coefficient (Wildman–Crippen LogP) is 3.03. The average Bonchev–Trinajstić information content (AvgIpc) is 2.67. The smallest absolute Gasteiger partial charge is 0.336 e. The maximum absolute atomic E-state index is 13.6. The maximum Gasteiger partial charge on any atom is 0.336 e. The number of hydrogen-bond donors (Lipinski definition) is 3. The molecule has 0 aliphatic heterocycles. The van der Waals surface area contributed by atoms with E-state index in [1.807, 2.05) is 0 Å². The van der Waals surface area contributed by atoms with E-state index in [-0.39, 0.29) is 10.8 Å². The summed E-state index contributed by atoms with van der Waals surface area (Å²) >= 11 is 5.02. The molecule has 3 aromatic rings. The van der Waals surface area contributed by atoms with Crippen molar-refractivity contribution in [3.8, 4) is 5.75 Å². The molecule has 1 amide bonds. The summed E-state index contributed by atoms with van der Waals surface area (Å²) in [5.41, 5.74) is 5.74. The van der Waals surface area contributed by atoms with Crippen molar-refractivity contribution in [2.45, 2.75) is 20.0 Å². The van der Waals surface area contributed by atoms with Gasteiger partial charge in [0, 0.05) is 17.5 Å². The number of thiocarbonyl (C=S) groups is 1. The third kappa shape index (κ3) is 5.08. The first-order valence-electron chi connectivity index (χ1n) is 8.66. The van der Waals surface area contributed by atoms with Crippen LogP contribution in [0.5, 0.6) is 5.75 Å². The molecule has 3 rings (SSSR count). The van der Waals surface area contributed by atoms with E-state index in [4.69, 9.17) is 21.4 Å². The Morgan fingerprint density at radius 3 is 2.69 bits per heavy atom. The Morgan fingerprint density at radius 1 is 1.17 bits per heavy atom. The summed E-state index contributed by atoms with van der Waals surface area (Å²) in [6.07, 6.45) is -0.882. The zero-order chi connectivity index (χ0) is 21.0. The topological polar surface area (TPSA) is 92.6 Å². The van der Waals surface area contributed by atoms with Gasteiger partial charge in [0.1, 0.15) is 17.1 Å². The molecule has 0 saturated heterocycles. The van der Waals surface area contributed by atoms with Gasteiger partial charge in [-0.25, -0.2) is 9.18 Å². The fourth-order valence-corrected chi connectivity index (χ4v) is 2.73. The van der Waals surface area contributed by atoms with Crippen molar-refractivity contribution in [1.29, 1.82) is 0 Å². The highest BCUT2D eigenvalue weighted by molar-refractivity contribution is 7.80. The Labute approximate surface area is 170 Å². The van der Waals surface area contributed by atoms with Gasteiger partial charge in [0.05, 0.1) is 5.69 Å². The predicted molar refractivity (Wildman–Crippen MR) is 111 cm³/mol. The van der Waals surface area contributed by atoms with Crippen molar-refractivity contribution >= 4 is 39.9 Å². The van der Waals surface area contributed by atoms with E-state index in [9.17, 15) is 14.0 Å². The molecule has 3 N–H and O–H groups in total. The van der Waals surface area contributed by atoms with E-state index in [0.717, 1.165) is 10.9 Å². The van der Waals surface area contributed by atoms with E-state index in [2.05, 4.69) is 16.2 Å². The van der Waals surface area contributed by atoms with E-state index in [0.29, 0.717) is 11.3 Å². The molecular formula is C20H18FN3O4S. The Bertz CT molecular complexity index is 1130. The lowest BCUT2D eigenvalue weighted by Gasteiger charge is -2.17. The number of ether oxygens (including phenoxy) is 1. The van der Waals surface area contributed by atoms with Gasteiger partial charge >= 0.3 is 5.63 Å². The average molecular weight is 415 g/mol. The van der Waals surface area contributed by atoms with Crippen LogP contribution in [0.25, 0.3) is 11.0 Å². The second-order valence-corrected chi connectivity index (χ2v) is 6.62. The molecule has 2 aromatic carbocycles. The summed E-state index contributed by atoms with van der Waals surface area (Å²) in [5.74, 6) is -0.618. The lowest BCUT2D eigenvalue weighted by molar-refractivity contribution is -0.127. The third-order valence-corrected chi connectivity index (χ3v) is 4.23. The SMILES string of the molecule is Cc1cc(=O)oc2cc(O[C@@H](C)C(=O)NNC(=S)Nc3ccccc3F)ccc12. The minimum atomic E-state index is -0.882. The van der Waals surface area contributed by atoms with Gasteiger partial charge in [-0.05, 0) is 55.9 Å². The maximum atomic E-state index is 13.6. The van der Waals surface area contributed by atoms with Crippen LogP contribution in [0.15, 0.2) is 57.7 Å². The van der Waals surface area contributed by atoms with Crippen LogP contribution in [0.3, 0.4) is 0 Å². The molecule has 7 nitrogen and oxygen atoms in total. The molecule has 150 valence electrons. The quantitative estimate of drug-likeness (QED) is 0.343. The van der Waals surface area contributed by atoms with Crippen LogP contribution in [0.1, 0.15) is 12.5 Å². The number of anilines is 1. The molecule has 0 radical (unpaired) electrons. The van der Waals surface area contributed by atoms with Crippen LogP contribution < -0.4 is 26.5 Å². The number of hydrazine groups is 1. The van der Waals surface area contributed by atoms with Crippen molar-refractivity contribution in [3.63, 3.8) is 0 Å². The first-order chi connectivity index (χ1) is 13.8. The van der Waals surface area contributed by atoms with Crippen molar-refractivity contribution in [2.24, 2.45) is 0 Å². The lowest BCUT2D eigenvalue weighted by Crippen LogP contribution is -2.48. The van der Waals surface area contributed by atoms with E-state index in [1.54, 1.807) is 44.2 Å². The summed E-state index contributed by atoms with van der Waals surface area (Å²) < 4.78 is 24.4. The summed E-state index contributed by atoms with van der Waals surface area (Å²) in [7, 11) is 0. The van der Waals surface area contributed by atoms with Gasteiger partial charge in [0.2, 0.25) is 0 Å². The minimum absolute atomic E-state index is 0.0126. The fourth-order valence-electron chi connectivity index (χ4n) is 2.57. The molecule has 0 aliphatic rings. The van der Waals surface area contributed by atoms with Crippen LogP contribution in [0, 0.1) is 12.7 Å². The van der Waals surface area contributed by atoms with Crippen LogP contribution >= 0.6 is 12.2 Å². The zero-order valence-corrected chi connectivity index (χ0v) is 16.4. The summed E-state index contributed by atoms with van der Waals surface area (Å²) in [5, 5.41) is 3.42. The van der Waals surface area contributed by atoms with Crippen LogP contribution in [-0.2, 0) is 4.79 Å². The molecular weight excluding hydrogens is 397 g/mol. The van der Waals surface area contributed by atoms with E-state index >= 15 is 0 Å². The number of fused-ring (bicyclic) bond motifs is 1. The second kappa shape index (κ2) is 8.70. The first-order valence-corrected chi connectivity index (χ1v) is 9.07. The number of amides is 1. The Balaban J connectivity index is 1.58. The molecule has 0 bridgehead atoms. The van der Waals surface area contributed by atoms with Crippen molar-refractivity contribution in [1.82, 2.24) is 10.9 Å². The molecule has 0 fully saturated rings. The van der Waals surface area contributed by atoms with Gasteiger partial charge in [0.25, 0.3) is 5.91 Å². The summed E-state index contributed by atoms with van der Waals surface area (Å²) in [6.45, 7) is 3.35. The van der Waals surface area contributed by atoms with Crippen LogP contribution in [0.2, 0.25) is 0 Å². The van der Waals surface area contributed by atoms with Gasteiger partial charge in [-0.1, -0.05) is 12.1 Å². The summed E-state index contributed by atoms with van der Waals surface area (Å²) in [4.78, 5) is 23.7. The Kier molecular flexibility index (Phi) is 6.08. The first kappa shape index (κ1) is 20.3. The van der Waals surface area contributed by atoms with Gasteiger partial charge in [-0.3, -0.25) is 15.6 Å². The standard InChI is InChI=1S/C20H18FN3O4S/c1-11-9-18(25)28-17-10-13(7-8-14(11)17)27-12(2)19(26)23-24-20(29)22-16-6-4-3-5-15(16)21/h3-10,12H,1-2H3,(H,23,26)(H2,22,24,29)/t12-/m0/s1. The normalized spacial score (nSPS) is 11.6. The summed E-state index contributed by atoms with van der Waals surface area (Å²) in [6, 6.07) is 12.4. The van der Waals surface area contributed by atoms with E-state index in [1.165, 1.54) is 18.2 Å². The second-order valence-electron chi connectivity index (χ2n) is 6.21. The number of nitrogens with one attached hydrogen (secondary N) is 3. The third-order valence-electron chi connectivity index (χ3n) is 4.03. The zero-order valence-electron chi connectivity index (χ0n) is 15.6. The molecule has 0 saturated carbocycles. The number of carbonyl (C=O) groups excluding carboxylic acids is 1. The molecule has 29 heavy (non-hydrogen) atoms. The molecule has 1 aromatic heterocycles. The van der Waals surface area contributed by atoms with Crippen LogP contribution in [0.4, 0.5) is 10.1 Å². The molecule has 1 heterocycles. The van der Waals surface area contributed by atoms with Gasteiger partial charge < -0.3 is 14.5 Å². The van der Waals surface area contributed by atoms with Crippen LogP contribution in [-0.4, -0.2) is 17.1 Å². The molecule has 1 atom stereocenters. The number of aryl methyl sites for hydroxylation is 1. The highest BCUT2D eigenvalue weighted by atomic mass is 32.1. The fraction of sp³-hybridized carbons (Fsp3) is 0.150. The van der Waals surface area contributed by atoms with Crippen molar-refractivity contribution in [3.05, 3.63) is 70.3 Å². The molecule has 0 spiro atoms. The van der Waals surface area contributed by atoms with Gasteiger partial charge in [0.15, 0.2) is 11.2 Å². The highest BCUT2D eigenvalue weighted by Gasteiger charge is 2.16. The minimum Gasteiger partial charge on any atom is -0.481 e. The molecule has 0 unspecified atom stereocenters. The highest BCUT2D eigenvalue weighted by Crippen LogP contribution is 2.23. The Morgan fingerprint density at radius 2 is 1.93 bits per heavy atom. The monoisotopic (exact) mass is 415 g/mol. The number of carbonyl (C=O) groups is 1. The lowest BCUT2D eigenvalue weighted by atomic mass is 10.1. The number of halogens is 1.